The minimum absolute atomic E-state index is 0.607. The van der Waals surface area contributed by atoms with Crippen molar-refractivity contribution in [1.82, 2.24) is 15.2 Å². The summed E-state index contributed by atoms with van der Waals surface area (Å²) in [4.78, 5) is 9.08. The summed E-state index contributed by atoms with van der Waals surface area (Å²) in [6.07, 6.45) is 3.11. The molecule has 0 aromatic carbocycles. The first-order chi connectivity index (χ1) is 12.1. The van der Waals surface area contributed by atoms with Crippen molar-refractivity contribution in [2.45, 2.75) is 26.7 Å². The number of aliphatic imine (C=N–C) groups is 1. The molecule has 0 atom stereocenters. The summed E-state index contributed by atoms with van der Waals surface area (Å²) in [6.45, 7) is 5.14. The van der Waals surface area contributed by atoms with Crippen LogP contribution in [-0.2, 0) is 4.74 Å². The maximum atomic E-state index is 6.40. The van der Waals surface area contributed by atoms with Crippen LogP contribution in [0.25, 0.3) is 5.70 Å². The Kier molecular flexibility index (Phi) is 5.14. The highest BCUT2D eigenvalue weighted by Gasteiger charge is 2.18. The number of rotatable bonds is 3. The molecule has 132 valence electrons. The van der Waals surface area contributed by atoms with E-state index in [1.165, 1.54) is 0 Å². The van der Waals surface area contributed by atoms with Crippen LogP contribution in [0.5, 0.6) is 5.88 Å². The summed E-state index contributed by atoms with van der Waals surface area (Å²) in [5, 5.41) is 7.20. The predicted molar refractivity (Wildman–Crippen MR) is 97.1 cm³/mol. The molecule has 1 aliphatic rings. The first-order valence-corrected chi connectivity index (χ1v) is 8.26. The molecule has 1 fully saturated rings. The van der Waals surface area contributed by atoms with Crippen molar-refractivity contribution in [3.63, 3.8) is 0 Å². The number of aryl methyl sites for hydroxylation is 2. The van der Waals surface area contributed by atoms with Gasteiger partial charge in [-0.3, -0.25) is 10.1 Å². The third-order valence-corrected chi connectivity index (χ3v) is 4.11. The van der Waals surface area contributed by atoms with Gasteiger partial charge in [-0.05, 0) is 32.4 Å². The first-order valence-electron chi connectivity index (χ1n) is 8.26. The Balaban J connectivity index is 2.02. The third-order valence-electron chi connectivity index (χ3n) is 4.11. The monoisotopic (exact) mass is 341 g/mol. The van der Waals surface area contributed by atoms with E-state index in [2.05, 4.69) is 15.2 Å². The fraction of sp³-hybridized carbons (Fsp3) is 0.389. The quantitative estimate of drug-likeness (QED) is 0.894. The molecular formula is C18H23N5O2. The summed E-state index contributed by atoms with van der Waals surface area (Å²) in [6, 6.07) is 3.89. The Morgan fingerprint density at radius 3 is 2.76 bits per heavy atom. The van der Waals surface area contributed by atoms with Gasteiger partial charge in [0.2, 0.25) is 5.88 Å². The molecular weight excluding hydrogens is 318 g/mol. The zero-order chi connectivity index (χ0) is 17.8. The van der Waals surface area contributed by atoms with E-state index in [4.69, 9.17) is 20.2 Å². The highest BCUT2D eigenvalue weighted by molar-refractivity contribution is 6.07. The Labute approximate surface area is 147 Å². The molecule has 0 spiro atoms. The summed E-state index contributed by atoms with van der Waals surface area (Å²) in [7, 11) is 1.61. The lowest BCUT2D eigenvalue weighted by Gasteiger charge is -2.11. The molecule has 7 nitrogen and oxygen atoms in total. The molecule has 0 amide bonds. The number of hydrogen-bond donors (Lipinski definition) is 2. The number of aromatic amines is 1. The lowest BCUT2D eigenvalue weighted by molar-refractivity contribution is 0.150. The van der Waals surface area contributed by atoms with Gasteiger partial charge in [-0.15, -0.1) is 0 Å². The third kappa shape index (κ3) is 3.88. The van der Waals surface area contributed by atoms with Gasteiger partial charge in [-0.2, -0.15) is 5.10 Å². The van der Waals surface area contributed by atoms with E-state index in [-0.39, 0.29) is 0 Å². The van der Waals surface area contributed by atoms with E-state index in [0.717, 1.165) is 33.9 Å². The van der Waals surface area contributed by atoms with Gasteiger partial charge in [0.25, 0.3) is 0 Å². The zero-order valence-electron chi connectivity index (χ0n) is 14.8. The molecule has 0 aliphatic carbocycles. The molecule has 1 saturated heterocycles. The Hall–Kier alpha value is -2.67. The number of aromatic nitrogens is 3. The number of H-pyrrole nitrogens is 1. The molecule has 2 aromatic rings. The molecule has 7 heteroatoms. The van der Waals surface area contributed by atoms with Crippen molar-refractivity contribution >= 4 is 17.1 Å². The van der Waals surface area contributed by atoms with E-state index >= 15 is 0 Å². The van der Waals surface area contributed by atoms with Crippen molar-refractivity contribution in [3.05, 3.63) is 40.9 Å². The average molecular weight is 341 g/mol. The van der Waals surface area contributed by atoms with Crippen LogP contribution < -0.4 is 10.5 Å². The van der Waals surface area contributed by atoms with E-state index in [1.807, 2.05) is 26.0 Å². The summed E-state index contributed by atoms with van der Waals surface area (Å²) in [5.41, 5.74) is 12.4. The Morgan fingerprint density at radius 2 is 2.08 bits per heavy atom. The van der Waals surface area contributed by atoms with Crippen molar-refractivity contribution in [1.29, 1.82) is 0 Å². The van der Waals surface area contributed by atoms with Crippen LogP contribution in [0.1, 0.15) is 29.8 Å². The Bertz CT molecular complexity index is 823. The molecule has 0 saturated carbocycles. The van der Waals surface area contributed by atoms with Gasteiger partial charge in [0.05, 0.1) is 37.9 Å². The SMILES string of the molecule is COc1ncc(N=C2CCOCCC2=C(N)c2cc(C)[nH]n2)cc1C. The van der Waals surface area contributed by atoms with Gasteiger partial charge in [-0.25, -0.2) is 4.98 Å². The van der Waals surface area contributed by atoms with Crippen molar-refractivity contribution in [3.8, 4) is 5.88 Å². The van der Waals surface area contributed by atoms with E-state index in [0.29, 0.717) is 37.6 Å². The standard InChI is InChI=1S/C18H23N5O2/c1-11-8-13(10-20-18(11)24-3)21-15-5-7-25-6-4-14(15)17(19)16-9-12(2)22-23-16/h8-10H,4-7,19H2,1-3H3,(H,22,23). The molecule has 3 rings (SSSR count). The largest absolute Gasteiger partial charge is 0.481 e. The van der Waals surface area contributed by atoms with Crippen LogP contribution in [0.3, 0.4) is 0 Å². The fourth-order valence-electron chi connectivity index (χ4n) is 2.84. The number of methoxy groups -OCH3 is 1. The second kappa shape index (κ2) is 7.48. The molecule has 3 heterocycles. The predicted octanol–water partition coefficient (Wildman–Crippen LogP) is 2.68. The van der Waals surface area contributed by atoms with Crippen LogP contribution in [0, 0.1) is 13.8 Å². The number of nitrogens with one attached hydrogen (secondary N) is 1. The molecule has 0 bridgehead atoms. The second-order valence-electron chi connectivity index (χ2n) is 6.02. The fourth-order valence-corrected chi connectivity index (χ4v) is 2.84. The minimum atomic E-state index is 0.607. The van der Waals surface area contributed by atoms with E-state index in [9.17, 15) is 0 Å². The highest BCUT2D eigenvalue weighted by Crippen LogP contribution is 2.25. The number of nitrogens with zero attached hydrogens (tertiary/aromatic N) is 3. The number of hydrogen-bond acceptors (Lipinski definition) is 6. The lowest BCUT2D eigenvalue weighted by Crippen LogP contribution is -2.11. The molecule has 1 aliphatic heterocycles. The number of pyridine rings is 1. The van der Waals surface area contributed by atoms with Gasteiger partial charge in [0.15, 0.2) is 0 Å². The second-order valence-corrected chi connectivity index (χ2v) is 6.02. The highest BCUT2D eigenvalue weighted by atomic mass is 16.5. The average Bonchev–Trinajstić information content (AvgIpc) is 2.90. The van der Waals surface area contributed by atoms with Crippen LogP contribution in [0.15, 0.2) is 28.9 Å². The summed E-state index contributed by atoms with van der Waals surface area (Å²) < 4.78 is 10.8. The van der Waals surface area contributed by atoms with Crippen LogP contribution >= 0.6 is 0 Å². The van der Waals surface area contributed by atoms with Crippen LogP contribution in [0.4, 0.5) is 5.69 Å². The topological polar surface area (TPSA) is 98.4 Å². The zero-order valence-corrected chi connectivity index (χ0v) is 14.8. The molecule has 0 radical (unpaired) electrons. The van der Waals surface area contributed by atoms with Gasteiger partial charge in [0, 0.05) is 29.0 Å². The van der Waals surface area contributed by atoms with Crippen molar-refractivity contribution in [2.24, 2.45) is 10.7 Å². The first kappa shape index (κ1) is 17.2. The smallest absolute Gasteiger partial charge is 0.216 e. The normalized spacial score (nSPS) is 18.9. The van der Waals surface area contributed by atoms with E-state index in [1.54, 1.807) is 13.3 Å². The molecule has 0 unspecified atom stereocenters. The molecule has 3 N–H and O–H groups in total. The summed E-state index contributed by atoms with van der Waals surface area (Å²) >= 11 is 0. The van der Waals surface area contributed by atoms with Crippen molar-refractivity contribution < 1.29 is 9.47 Å². The lowest BCUT2D eigenvalue weighted by atomic mass is 10.0. The maximum absolute atomic E-state index is 6.40. The van der Waals surface area contributed by atoms with Gasteiger partial charge < -0.3 is 15.2 Å². The molecule has 25 heavy (non-hydrogen) atoms. The van der Waals surface area contributed by atoms with Crippen LogP contribution in [-0.4, -0.2) is 41.2 Å². The maximum Gasteiger partial charge on any atom is 0.216 e. The molecule has 2 aromatic heterocycles. The minimum Gasteiger partial charge on any atom is -0.481 e. The van der Waals surface area contributed by atoms with Crippen molar-refractivity contribution in [2.75, 3.05) is 20.3 Å². The van der Waals surface area contributed by atoms with Gasteiger partial charge >= 0.3 is 0 Å². The number of ether oxygens (including phenoxy) is 2. The number of nitrogens with two attached hydrogens (primary N) is 1. The van der Waals surface area contributed by atoms with E-state index < -0.39 is 0 Å². The van der Waals surface area contributed by atoms with Crippen LogP contribution in [0.2, 0.25) is 0 Å². The van der Waals surface area contributed by atoms with Gasteiger partial charge in [0.1, 0.15) is 5.69 Å². The Morgan fingerprint density at radius 1 is 1.28 bits per heavy atom. The summed E-state index contributed by atoms with van der Waals surface area (Å²) in [5.74, 6) is 0.607. The van der Waals surface area contributed by atoms with Gasteiger partial charge in [-0.1, -0.05) is 0 Å².